The van der Waals surface area contributed by atoms with Crippen LogP contribution in [0, 0.1) is 0 Å². The molecule has 6 heteroatoms. The first-order valence-electron chi connectivity index (χ1n) is 8.22. The molecule has 0 spiro atoms. The Morgan fingerprint density at radius 3 is 2.56 bits per heavy atom. The van der Waals surface area contributed by atoms with Crippen molar-refractivity contribution in [2.75, 3.05) is 5.32 Å². The van der Waals surface area contributed by atoms with Gasteiger partial charge < -0.3 is 5.32 Å². The smallest absolute Gasteiger partial charge is 0.248 e. The van der Waals surface area contributed by atoms with E-state index in [-0.39, 0.29) is 5.91 Å². The molecule has 1 aliphatic carbocycles. The van der Waals surface area contributed by atoms with Gasteiger partial charge in [-0.1, -0.05) is 30.3 Å². The number of rotatable bonds is 5. The lowest BCUT2D eigenvalue weighted by Gasteiger charge is -2.05. The fourth-order valence-electron chi connectivity index (χ4n) is 2.57. The van der Waals surface area contributed by atoms with E-state index in [2.05, 4.69) is 20.8 Å². The number of aromatic nitrogens is 4. The Bertz CT molecular complexity index is 895. The van der Waals surface area contributed by atoms with Gasteiger partial charge in [-0.25, -0.2) is 4.68 Å². The second-order valence-corrected chi connectivity index (χ2v) is 5.99. The van der Waals surface area contributed by atoms with Crippen LogP contribution in [0.3, 0.4) is 0 Å². The van der Waals surface area contributed by atoms with Crippen LogP contribution < -0.4 is 5.32 Å². The number of amides is 1. The molecule has 4 rings (SSSR count). The Labute approximate surface area is 145 Å². The molecule has 3 aromatic rings. The lowest BCUT2D eigenvalue weighted by Crippen LogP contribution is -2.07. The Balaban J connectivity index is 1.43. The average Bonchev–Trinajstić information content (AvgIpc) is 3.38. The highest BCUT2D eigenvalue weighted by Gasteiger charge is 2.28. The van der Waals surface area contributed by atoms with E-state index >= 15 is 0 Å². The molecule has 0 atom stereocenters. The summed E-state index contributed by atoms with van der Waals surface area (Å²) >= 11 is 0. The Morgan fingerprint density at radius 2 is 1.84 bits per heavy atom. The molecule has 1 aliphatic rings. The third-order valence-electron chi connectivity index (χ3n) is 4.02. The lowest BCUT2D eigenvalue weighted by atomic mass is 10.2. The van der Waals surface area contributed by atoms with Crippen LogP contribution in [0.2, 0.25) is 0 Å². The van der Waals surface area contributed by atoms with Gasteiger partial charge in [0.1, 0.15) is 0 Å². The second kappa shape index (κ2) is 6.68. The van der Waals surface area contributed by atoms with Crippen LogP contribution in [0.4, 0.5) is 5.69 Å². The van der Waals surface area contributed by atoms with Gasteiger partial charge in [-0.3, -0.25) is 4.79 Å². The predicted molar refractivity (Wildman–Crippen MR) is 95.6 cm³/mol. The molecule has 1 heterocycles. The first-order chi connectivity index (χ1) is 12.3. The SMILES string of the molecule is O=C(/C=C/c1ccccc1)Nc1ccc(-c2nnnn2C2CC2)cc1. The largest absolute Gasteiger partial charge is 0.323 e. The Hall–Kier alpha value is -3.28. The molecule has 124 valence electrons. The maximum atomic E-state index is 12.0. The number of hydrogen-bond acceptors (Lipinski definition) is 4. The van der Waals surface area contributed by atoms with Crippen molar-refractivity contribution in [3.05, 3.63) is 66.2 Å². The van der Waals surface area contributed by atoms with Gasteiger partial charge in [-0.2, -0.15) is 0 Å². The van der Waals surface area contributed by atoms with E-state index in [0.29, 0.717) is 6.04 Å². The van der Waals surface area contributed by atoms with Gasteiger partial charge in [-0.15, -0.1) is 5.10 Å². The van der Waals surface area contributed by atoms with Gasteiger partial charge in [0, 0.05) is 17.3 Å². The Kier molecular flexibility index (Phi) is 4.08. The molecule has 0 radical (unpaired) electrons. The van der Waals surface area contributed by atoms with Crippen molar-refractivity contribution in [1.29, 1.82) is 0 Å². The molecule has 6 nitrogen and oxygen atoms in total. The van der Waals surface area contributed by atoms with Crippen LogP contribution in [-0.4, -0.2) is 26.1 Å². The number of nitrogens with zero attached hydrogens (tertiary/aromatic N) is 4. The van der Waals surface area contributed by atoms with E-state index < -0.39 is 0 Å². The Morgan fingerprint density at radius 1 is 1.08 bits per heavy atom. The van der Waals surface area contributed by atoms with E-state index in [1.54, 1.807) is 6.08 Å². The summed E-state index contributed by atoms with van der Waals surface area (Å²) in [6.07, 6.45) is 5.56. The topological polar surface area (TPSA) is 72.7 Å². The normalized spacial score (nSPS) is 13.9. The summed E-state index contributed by atoms with van der Waals surface area (Å²) in [7, 11) is 0. The van der Waals surface area contributed by atoms with Crippen molar-refractivity contribution >= 4 is 17.7 Å². The molecule has 1 amide bonds. The molecule has 0 saturated heterocycles. The van der Waals surface area contributed by atoms with Gasteiger partial charge in [0.15, 0.2) is 5.82 Å². The van der Waals surface area contributed by atoms with Gasteiger partial charge in [0.2, 0.25) is 5.91 Å². The van der Waals surface area contributed by atoms with Crippen LogP contribution in [0.5, 0.6) is 0 Å². The van der Waals surface area contributed by atoms with Crippen LogP contribution in [0.15, 0.2) is 60.7 Å². The highest BCUT2D eigenvalue weighted by atomic mass is 16.1. The number of benzene rings is 2. The van der Waals surface area contributed by atoms with Crippen LogP contribution in [0.1, 0.15) is 24.4 Å². The standard InChI is InChI=1S/C19H17N5O/c25-18(13-6-14-4-2-1-3-5-14)20-16-9-7-15(8-10-16)19-21-22-23-24(19)17-11-12-17/h1-10,13,17H,11-12H2,(H,20,25)/b13-6+. The van der Waals surface area contributed by atoms with Crippen molar-refractivity contribution in [2.24, 2.45) is 0 Å². The van der Waals surface area contributed by atoms with Crippen molar-refractivity contribution in [3.63, 3.8) is 0 Å². The molecule has 1 fully saturated rings. The number of tetrazole rings is 1. The molecule has 1 N–H and O–H groups in total. The average molecular weight is 331 g/mol. The van der Waals surface area contributed by atoms with Gasteiger partial charge in [-0.05, 0) is 59.2 Å². The van der Waals surface area contributed by atoms with Crippen LogP contribution >= 0.6 is 0 Å². The minimum atomic E-state index is -0.167. The van der Waals surface area contributed by atoms with Crippen LogP contribution in [-0.2, 0) is 4.79 Å². The molecular formula is C19H17N5O. The van der Waals surface area contributed by atoms with Gasteiger partial charge >= 0.3 is 0 Å². The molecule has 1 saturated carbocycles. The van der Waals surface area contributed by atoms with Crippen molar-refractivity contribution in [2.45, 2.75) is 18.9 Å². The summed E-state index contributed by atoms with van der Waals surface area (Å²) in [5.41, 5.74) is 2.66. The maximum Gasteiger partial charge on any atom is 0.248 e. The molecule has 0 bridgehead atoms. The first-order valence-corrected chi connectivity index (χ1v) is 8.22. The van der Waals surface area contributed by atoms with Crippen molar-refractivity contribution < 1.29 is 4.79 Å². The third-order valence-corrected chi connectivity index (χ3v) is 4.02. The highest BCUT2D eigenvalue weighted by Crippen LogP contribution is 2.36. The lowest BCUT2D eigenvalue weighted by molar-refractivity contribution is -0.111. The summed E-state index contributed by atoms with van der Waals surface area (Å²) < 4.78 is 1.87. The summed E-state index contributed by atoms with van der Waals surface area (Å²) in [5.74, 6) is 0.601. The van der Waals surface area contributed by atoms with E-state index in [1.807, 2.05) is 59.3 Å². The monoisotopic (exact) mass is 331 g/mol. The summed E-state index contributed by atoms with van der Waals surface area (Å²) in [5, 5.41) is 14.8. The summed E-state index contributed by atoms with van der Waals surface area (Å²) in [6, 6.07) is 17.7. The molecule has 0 aliphatic heterocycles. The number of anilines is 1. The molecule has 25 heavy (non-hydrogen) atoms. The molecule has 0 unspecified atom stereocenters. The zero-order valence-electron chi connectivity index (χ0n) is 13.5. The molecular weight excluding hydrogens is 314 g/mol. The van der Waals surface area contributed by atoms with Gasteiger partial charge in [0.05, 0.1) is 6.04 Å². The highest BCUT2D eigenvalue weighted by molar-refractivity contribution is 6.02. The number of carbonyl (C=O) groups excluding carboxylic acids is 1. The fourth-order valence-corrected chi connectivity index (χ4v) is 2.57. The maximum absolute atomic E-state index is 12.0. The first kappa shape index (κ1) is 15.3. The van der Waals surface area contributed by atoms with E-state index in [1.165, 1.54) is 6.08 Å². The van der Waals surface area contributed by atoms with Crippen molar-refractivity contribution in [1.82, 2.24) is 20.2 Å². The molecule has 1 aromatic heterocycles. The number of nitrogens with one attached hydrogen (secondary N) is 1. The predicted octanol–water partition coefficient (Wildman–Crippen LogP) is 3.33. The van der Waals surface area contributed by atoms with Crippen molar-refractivity contribution in [3.8, 4) is 11.4 Å². The zero-order valence-corrected chi connectivity index (χ0v) is 13.5. The third kappa shape index (κ3) is 3.63. The van der Waals surface area contributed by atoms with E-state index in [0.717, 1.165) is 35.5 Å². The van der Waals surface area contributed by atoms with E-state index in [9.17, 15) is 4.79 Å². The number of hydrogen-bond donors (Lipinski definition) is 1. The van der Waals surface area contributed by atoms with E-state index in [4.69, 9.17) is 0 Å². The second-order valence-electron chi connectivity index (χ2n) is 5.99. The van der Waals surface area contributed by atoms with Crippen LogP contribution in [0.25, 0.3) is 17.5 Å². The van der Waals surface area contributed by atoms with Gasteiger partial charge in [0.25, 0.3) is 0 Å². The summed E-state index contributed by atoms with van der Waals surface area (Å²) in [4.78, 5) is 12.0. The fraction of sp³-hybridized carbons (Fsp3) is 0.158. The minimum Gasteiger partial charge on any atom is -0.323 e. The molecule has 2 aromatic carbocycles. The number of carbonyl (C=O) groups is 1. The minimum absolute atomic E-state index is 0.167. The summed E-state index contributed by atoms with van der Waals surface area (Å²) in [6.45, 7) is 0. The zero-order chi connectivity index (χ0) is 17.1. The quantitative estimate of drug-likeness (QED) is 0.728.